The minimum atomic E-state index is 0.259. The van der Waals surface area contributed by atoms with E-state index in [9.17, 15) is 5.11 Å². The summed E-state index contributed by atoms with van der Waals surface area (Å²) in [7, 11) is 0. The van der Waals surface area contributed by atoms with Crippen molar-refractivity contribution in [2.24, 2.45) is 0 Å². The number of aromatic nitrogens is 2. The Bertz CT molecular complexity index is 666. The number of para-hydroxylation sites is 2. The van der Waals surface area contributed by atoms with Crippen LogP contribution in [0.3, 0.4) is 0 Å². The molecule has 1 fully saturated rings. The van der Waals surface area contributed by atoms with Crippen molar-refractivity contribution in [2.75, 3.05) is 26.2 Å². The predicted octanol–water partition coefficient (Wildman–Crippen LogP) is 2.33. The smallest absolute Gasteiger partial charge is 0.124 e. The van der Waals surface area contributed by atoms with Crippen LogP contribution in [-0.4, -0.2) is 62.8 Å². The first-order valence-corrected chi connectivity index (χ1v) is 9.17. The molecule has 2 aromatic rings. The second-order valence-corrected chi connectivity index (χ2v) is 6.99. The number of aliphatic hydroxyl groups excluding tert-OH is 1. The average molecular weight is 330 g/mol. The zero-order valence-electron chi connectivity index (χ0n) is 15.1. The molecular weight excluding hydrogens is 300 g/mol. The highest BCUT2D eigenvalue weighted by Crippen LogP contribution is 2.20. The molecular formula is C19H30N4O. The lowest BCUT2D eigenvalue weighted by Crippen LogP contribution is -2.55. The molecule has 0 amide bonds. The first-order valence-electron chi connectivity index (χ1n) is 9.17. The SMILES string of the molecule is CCn1c(CN2CCN(C(C)C)[C@H](CCO)C2)nc2ccccc21. The number of fused-ring (bicyclic) bond motifs is 1. The zero-order chi connectivity index (χ0) is 17.1. The van der Waals surface area contributed by atoms with Gasteiger partial charge in [0.05, 0.1) is 17.6 Å². The molecule has 0 spiro atoms. The minimum absolute atomic E-state index is 0.259. The summed E-state index contributed by atoms with van der Waals surface area (Å²) in [6.45, 7) is 11.9. The van der Waals surface area contributed by atoms with Crippen molar-refractivity contribution in [2.45, 2.75) is 52.4 Å². The van der Waals surface area contributed by atoms with Gasteiger partial charge in [-0.05, 0) is 39.3 Å². The van der Waals surface area contributed by atoms with Crippen molar-refractivity contribution >= 4 is 11.0 Å². The number of rotatable bonds is 6. The van der Waals surface area contributed by atoms with Gasteiger partial charge in [0, 0.05) is 44.9 Å². The lowest BCUT2D eigenvalue weighted by atomic mass is 10.1. The fraction of sp³-hybridized carbons (Fsp3) is 0.632. The molecule has 0 bridgehead atoms. The van der Waals surface area contributed by atoms with Crippen molar-refractivity contribution in [3.8, 4) is 0 Å². The Hall–Kier alpha value is -1.43. The molecule has 5 nitrogen and oxygen atoms in total. The Kier molecular flexibility index (Phi) is 5.54. The van der Waals surface area contributed by atoms with E-state index in [1.807, 2.05) is 0 Å². The molecule has 24 heavy (non-hydrogen) atoms. The zero-order valence-corrected chi connectivity index (χ0v) is 15.1. The van der Waals surface area contributed by atoms with E-state index in [-0.39, 0.29) is 6.61 Å². The van der Waals surface area contributed by atoms with Crippen LogP contribution in [0.4, 0.5) is 0 Å². The van der Waals surface area contributed by atoms with E-state index in [1.54, 1.807) is 0 Å². The summed E-state index contributed by atoms with van der Waals surface area (Å²) in [5.74, 6) is 1.15. The van der Waals surface area contributed by atoms with Crippen LogP contribution in [0.1, 0.15) is 33.0 Å². The maximum atomic E-state index is 9.41. The molecule has 0 aliphatic carbocycles. The van der Waals surface area contributed by atoms with Crippen LogP contribution >= 0.6 is 0 Å². The number of benzene rings is 1. The lowest BCUT2D eigenvalue weighted by Gasteiger charge is -2.43. The maximum Gasteiger partial charge on any atom is 0.124 e. The molecule has 1 saturated heterocycles. The first-order chi connectivity index (χ1) is 11.6. The summed E-state index contributed by atoms with van der Waals surface area (Å²) in [4.78, 5) is 9.88. The number of piperazine rings is 1. The van der Waals surface area contributed by atoms with Gasteiger partial charge >= 0.3 is 0 Å². The molecule has 1 aliphatic rings. The molecule has 1 aromatic heterocycles. The topological polar surface area (TPSA) is 44.5 Å². The van der Waals surface area contributed by atoms with Crippen molar-refractivity contribution in [1.29, 1.82) is 0 Å². The molecule has 0 unspecified atom stereocenters. The summed E-state index contributed by atoms with van der Waals surface area (Å²) < 4.78 is 2.32. The normalized spacial score (nSPS) is 20.3. The Morgan fingerprint density at radius 1 is 1.25 bits per heavy atom. The lowest BCUT2D eigenvalue weighted by molar-refractivity contribution is 0.0335. The van der Waals surface area contributed by atoms with Gasteiger partial charge in [0.15, 0.2) is 0 Å². The van der Waals surface area contributed by atoms with Crippen molar-refractivity contribution < 1.29 is 5.11 Å². The average Bonchev–Trinajstić information content (AvgIpc) is 2.92. The fourth-order valence-corrected chi connectivity index (χ4v) is 3.96. The second-order valence-electron chi connectivity index (χ2n) is 6.99. The third kappa shape index (κ3) is 3.48. The molecule has 1 aromatic carbocycles. The molecule has 0 saturated carbocycles. The Morgan fingerprint density at radius 2 is 2.04 bits per heavy atom. The van der Waals surface area contributed by atoms with E-state index in [0.717, 1.165) is 50.5 Å². The van der Waals surface area contributed by atoms with E-state index >= 15 is 0 Å². The van der Waals surface area contributed by atoms with Crippen molar-refractivity contribution in [3.05, 3.63) is 30.1 Å². The number of imidazole rings is 1. The fourth-order valence-electron chi connectivity index (χ4n) is 3.96. The highest BCUT2D eigenvalue weighted by molar-refractivity contribution is 5.75. The highest BCUT2D eigenvalue weighted by Gasteiger charge is 2.28. The number of hydrogen-bond donors (Lipinski definition) is 1. The van der Waals surface area contributed by atoms with E-state index in [1.165, 1.54) is 5.52 Å². The van der Waals surface area contributed by atoms with Gasteiger partial charge in [-0.2, -0.15) is 0 Å². The van der Waals surface area contributed by atoms with E-state index in [2.05, 4.69) is 59.4 Å². The summed E-state index contributed by atoms with van der Waals surface area (Å²) >= 11 is 0. The van der Waals surface area contributed by atoms with E-state index in [0.29, 0.717) is 12.1 Å². The summed E-state index contributed by atoms with van der Waals surface area (Å²) in [6.07, 6.45) is 0.846. The van der Waals surface area contributed by atoms with Gasteiger partial charge in [0.1, 0.15) is 5.82 Å². The quantitative estimate of drug-likeness (QED) is 0.883. The van der Waals surface area contributed by atoms with Gasteiger partial charge in [-0.25, -0.2) is 4.98 Å². The van der Waals surface area contributed by atoms with Gasteiger partial charge in [-0.3, -0.25) is 9.80 Å². The Morgan fingerprint density at radius 3 is 2.75 bits per heavy atom. The van der Waals surface area contributed by atoms with Gasteiger partial charge in [-0.15, -0.1) is 0 Å². The molecule has 132 valence electrons. The monoisotopic (exact) mass is 330 g/mol. The number of hydrogen-bond acceptors (Lipinski definition) is 4. The van der Waals surface area contributed by atoms with Gasteiger partial charge in [0.25, 0.3) is 0 Å². The van der Waals surface area contributed by atoms with Crippen LogP contribution < -0.4 is 0 Å². The first kappa shape index (κ1) is 17.4. The standard InChI is InChI=1S/C19H30N4O/c1-4-22-18-8-6-5-7-17(18)20-19(22)14-21-10-11-23(15(2)3)16(13-21)9-12-24/h5-8,15-16,24H,4,9-14H2,1-3H3/t16-/m1/s1. The van der Waals surface area contributed by atoms with Gasteiger partial charge in [-0.1, -0.05) is 12.1 Å². The second kappa shape index (κ2) is 7.64. The molecule has 0 radical (unpaired) electrons. The van der Waals surface area contributed by atoms with Crippen LogP contribution in [0.25, 0.3) is 11.0 Å². The number of nitrogens with zero attached hydrogens (tertiary/aromatic N) is 4. The van der Waals surface area contributed by atoms with Crippen LogP contribution in [0.15, 0.2) is 24.3 Å². The van der Waals surface area contributed by atoms with Crippen LogP contribution in [0.5, 0.6) is 0 Å². The summed E-state index contributed by atoms with van der Waals surface area (Å²) in [6, 6.07) is 9.35. The van der Waals surface area contributed by atoms with Gasteiger partial charge < -0.3 is 9.67 Å². The summed E-state index contributed by atoms with van der Waals surface area (Å²) in [5.41, 5.74) is 2.31. The number of aryl methyl sites for hydroxylation is 1. The Labute approximate surface area is 144 Å². The van der Waals surface area contributed by atoms with Crippen LogP contribution in [0, 0.1) is 0 Å². The number of aliphatic hydroxyl groups is 1. The predicted molar refractivity (Wildman–Crippen MR) is 98.0 cm³/mol. The Balaban J connectivity index is 1.76. The maximum absolute atomic E-state index is 9.41. The largest absolute Gasteiger partial charge is 0.396 e. The molecule has 1 atom stereocenters. The molecule has 3 rings (SSSR count). The molecule has 5 heteroatoms. The minimum Gasteiger partial charge on any atom is -0.396 e. The van der Waals surface area contributed by atoms with Crippen LogP contribution in [0.2, 0.25) is 0 Å². The van der Waals surface area contributed by atoms with Crippen molar-refractivity contribution in [1.82, 2.24) is 19.4 Å². The van der Waals surface area contributed by atoms with E-state index < -0.39 is 0 Å². The molecule has 2 heterocycles. The summed E-state index contributed by atoms with van der Waals surface area (Å²) in [5, 5.41) is 9.41. The van der Waals surface area contributed by atoms with Gasteiger partial charge in [0.2, 0.25) is 0 Å². The third-order valence-corrected chi connectivity index (χ3v) is 5.15. The van der Waals surface area contributed by atoms with E-state index in [4.69, 9.17) is 4.98 Å². The molecule has 1 aliphatic heterocycles. The van der Waals surface area contributed by atoms with Crippen molar-refractivity contribution in [3.63, 3.8) is 0 Å². The molecule has 1 N–H and O–H groups in total. The highest BCUT2D eigenvalue weighted by atomic mass is 16.3. The van der Waals surface area contributed by atoms with Crippen LogP contribution in [-0.2, 0) is 13.1 Å². The third-order valence-electron chi connectivity index (χ3n) is 5.15.